The van der Waals surface area contributed by atoms with Gasteiger partial charge < -0.3 is 5.32 Å². The summed E-state index contributed by atoms with van der Waals surface area (Å²) in [7, 11) is 0. The number of hydrazone groups is 1. The Morgan fingerprint density at radius 1 is 0.970 bits per heavy atom. The van der Waals surface area contributed by atoms with E-state index in [1.54, 1.807) is 29.7 Å². The van der Waals surface area contributed by atoms with Crippen LogP contribution in [0.1, 0.15) is 46.8 Å². The Balaban J connectivity index is 1.35. The molecular weight excluding hydrogens is 428 g/mol. The van der Waals surface area contributed by atoms with Gasteiger partial charge in [-0.2, -0.15) is 5.10 Å². The number of hydrogen-bond acceptors (Lipinski definition) is 5. The zero-order valence-electron chi connectivity index (χ0n) is 18.9. The Hall–Kier alpha value is -3.77. The standard InChI is InChI=1S/C27H26N4OS/c1-18(2)21-8-6-20(7-9-21)16-28-31-26(32)23-12-10-22(11-13-23)25-17-33-27(30-25)29-24-14-4-19(3)5-15-24/h4-18H,1-3H3,(H,29,30)(H,31,32)/b28-16-. The first-order valence-electron chi connectivity index (χ1n) is 10.8. The van der Waals surface area contributed by atoms with Gasteiger partial charge in [-0.15, -0.1) is 11.3 Å². The summed E-state index contributed by atoms with van der Waals surface area (Å²) >= 11 is 1.54. The molecule has 1 heterocycles. The van der Waals surface area contributed by atoms with Crippen LogP contribution >= 0.6 is 11.3 Å². The van der Waals surface area contributed by atoms with E-state index in [9.17, 15) is 4.79 Å². The molecule has 33 heavy (non-hydrogen) atoms. The van der Waals surface area contributed by atoms with E-state index in [2.05, 4.69) is 65.9 Å². The first-order valence-corrected chi connectivity index (χ1v) is 11.7. The number of nitrogens with zero attached hydrogens (tertiary/aromatic N) is 2. The van der Waals surface area contributed by atoms with Crippen LogP contribution in [0.5, 0.6) is 0 Å². The molecule has 0 spiro atoms. The normalized spacial score (nSPS) is 11.2. The van der Waals surface area contributed by atoms with Crippen LogP contribution in [0.4, 0.5) is 10.8 Å². The van der Waals surface area contributed by atoms with Gasteiger partial charge in [-0.3, -0.25) is 4.79 Å². The van der Waals surface area contributed by atoms with E-state index in [-0.39, 0.29) is 5.91 Å². The van der Waals surface area contributed by atoms with Crippen molar-refractivity contribution in [3.63, 3.8) is 0 Å². The van der Waals surface area contributed by atoms with Crippen molar-refractivity contribution in [3.8, 4) is 11.3 Å². The van der Waals surface area contributed by atoms with E-state index in [0.717, 1.165) is 27.6 Å². The number of thiazole rings is 1. The summed E-state index contributed by atoms with van der Waals surface area (Å²) in [6.07, 6.45) is 1.65. The summed E-state index contributed by atoms with van der Waals surface area (Å²) in [6.45, 7) is 6.38. The van der Waals surface area contributed by atoms with Crippen LogP contribution in [0.25, 0.3) is 11.3 Å². The van der Waals surface area contributed by atoms with E-state index >= 15 is 0 Å². The highest BCUT2D eigenvalue weighted by molar-refractivity contribution is 7.14. The third kappa shape index (κ3) is 5.93. The quantitative estimate of drug-likeness (QED) is 0.240. The molecule has 2 N–H and O–H groups in total. The van der Waals surface area contributed by atoms with E-state index in [1.807, 2.05) is 41.8 Å². The van der Waals surface area contributed by atoms with Crippen molar-refractivity contribution in [1.82, 2.24) is 10.4 Å². The van der Waals surface area contributed by atoms with E-state index in [4.69, 9.17) is 0 Å². The topological polar surface area (TPSA) is 66.4 Å². The Morgan fingerprint density at radius 2 is 1.67 bits per heavy atom. The Kier molecular flexibility index (Phi) is 6.95. The third-order valence-electron chi connectivity index (χ3n) is 5.23. The highest BCUT2D eigenvalue weighted by Gasteiger charge is 2.08. The van der Waals surface area contributed by atoms with Crippen molar-refractivity contribution in [3.05, 3.63) is 100 Å². The van der Waals surface area contributed by atoms with Crippen LogP contribution in [0, 0.1) is 6.92 Å². The monoisotopic (exact) mass is 454 g/mol. The predicted octanol–water partition coefficient (Wildman–Crippen LogP) is 6.75. The maximum absolute atomic E-state index is 12.4. The van der Waals surface area contributed by atoms with Gasteiger partial charge in [0.15, 0.2) is 5.13 Å². The number of hydrogen-bond donors (Lipinski definition) is 2. The zero-order chi connectivity index (χ0) is 23.2. The highest BCUT2D eigenvalue weighted by Crippen LogP contribution is 2.27. The van der Waals surface area contributed by atoms with Crippen LogP contribution in [-0.4, -0.2) is 17.1 Å². The van der Waals surface area contributed by atoms with Gasteiger partial charge in [-0.1, -0.05) is 67.9 Å². The van der Waals surface area contributed by atoms with Crippen LogP contribution in [-0.2, 0) is 0 Å². The molecule has 4 aromatic rings. The van der Waals surface area contributed by atoms with E-state index in [1.165, 1.54) is 11.1 Å². The molecule has 0 aliphatic rings. The lowest BCUT2D eigenvalue weighted by Gasteiger charge is -2.04. The van der Waals surface area contributed by atoms with Gasteiger partial charge in [0.1, 0.15) is 0 Å². The fourth-order valence-electron chi connectivity index (χ4n) is 3.21. The average Bonchev–Trinajstić information content (AvgIpc) is 3.29. The van der Waals surface area contributed by atoms with Crippen molar-refractivity contribution < 1.29 is 4.79 Å². The van der Waals surface area contributed by atoms with Gasteiger partial charge in [0.05, 0.1) is 11.9 Å². The predicted molar refractivity (Wildman–Crippen MR) is 138 cm³/mol. The minimum absolute atomic E-state index is 0.253. The molecule has 6 heteroatoms. The molecule has 1 aromatic heterocycles. The maximum atomic E-state index is 12.4. The van der Waals surface area contributed by atoms with Crippen molar-refractivity contribution >= 4 is 34.3 Å². The molecule has 3 aromatic carbocycles. The summed E-state index contributed by atoms with van der Waals surface area (Å²) in [5.41, 5.74) is 9.38. The Labute approximate surface area is 198 Å². The Bertz CT molecular complexity index is 1240. The molecule has 0 saturated carbocycles. The second-order valence-corrected chi connectivity index (χ2v) is 8.98. The van der Waals surface area contributed by atoms with Crippen LogP contribution in [0.2, 0.25) is 0 Å². The third-order valence-corrected chi connectivity index (χ3v) is 5.99. The summed E-state index contributed by atoms with van der Waals surface area (Å²) in [6, 6.07) is 23.7. The Morgan fingerprint density at radius 3 is 2.33 bits per heavy atom. The average molecular weight is 455 g/mol. The molecule has 4 rings (SSSR count). The minimum atomic E-state index is -0.253. The molecule has 5 nitrogen and oxygen atoms in total. The molecule has 1 amide bonds. The maximum Gasteiger partial charge on any atom is 0.271 e. The number of carbonyl (C=O) groups is 1. The number of aromatic nitrogens is 1. The molecular formula is C27H26N4OS. The lowest BCUT2D eigenvalue weighted by atomic mass is 10.0. The second-order valence-electron chi connectivity index (χ2n) is 8.13. The summed E-state index contributed by atoms with van der Waals surface area (Å²) in [4.78, 5) is 17.1. The summed E-state index contributed by atoms with van der Waals surface area (Å²) < 4.78 is 0. The van der Waals surface area contributed by atoms with Crippen LogP contribution in [0.15, 0.2) is 83.3 Å². The molecule has 0 unspecified atom stereocenters. The molecule has 0 aliphatic carbocycles. The van der Waals surface area contributed by atoms with Crippen LogP contribution in [0.3, 0.4) is 0 Å². The van der Waals surface area contributed by atoms with E-state index in [0.29, 0.717) is 11.5 Å². The van der Waals surface area contributed by atoms with E-state index < -0.39 is 0 Å². The molecule has 166 valence electrons. The van der Waals surface area contributed by atoms with Gasteiger partial charge in [-0.25, -0.2) is 10.4 Å². The number of amides is 1. The largest absolute Gasteiger partial charge is 0.332 e. The van der Waals surface area contributed by atoms with Crippen molar-refractivity contribution in [2.24, 2.45) is 5.10 Å². The lowest BCUT2D eigenvalue weighted by Crippen LogP contribution is -2.17. The van der Waals surface area contributed by atoms with Crippen molar-refractivity contribution in [2.75, 3.05) is 5.32 Å². The molecule has 0 atom stereocenters. The fourth-order valence-corrected chi connectivity index (χ4v) is 3.95. The number of aryl methyl sites for hydroxylation is 1. The van der Waals surface area contributed by atoms with Gasteiger partial charge in [0.25, 0.3) is 5.91 Å². The lowest BCUT2D eigenvalue weighted by molar-refractivity contribution is 0.0955. The van der Waals surface area contributed by atoms with Crippen LogP contribution < -0.4 is 10.7 Å². The number of rotatable bonds is 7. The molecule has 0 aliphatic heterocycles. The first-order chi connectivity index (χ1) is 16.0. The molecule has 0 bridgehead atoms. The van der Waals surface area contributed by atoms with Gasteiger partial charge in [-0.05, 0) is 48.2 Å². The highest BCUT2D eigenvalue weighted by atomic mass is 32.1. The van der Waals surface area contributed by atoms with Crippen molar-refractivity contribution in [2.45, 2.75) is 26.7 Å². The molecule has 0 radical (unpaired) electrons. The minimum Gasteiger partial charge on any atom is -0.332 e. The smallest absolute Gasteiger partial charge is 0.271 e. The van der Waals surface area contributed by atoms with Crippen molar-refractivity contribution in [1.29, 1.82) is 0 Å². The molecule has 0 fully saturated rings. The zero-order valence-corrected chi connectivity index (χ0v) is 19.7. The number of anilines is 2. The fraction of sp³-hybridized carbons (Fsp3) is 0.148. The number of nitrogens with one attached hydrogen (secondary N) is 2. The number of benzene rings is 3. The van der Waals surface area contributed by atoms with Gasteiger partial charge in [0.2, 0.25) is 0 Å². The van der Waals surface area contributed by atoms with Gasteiger partial charge >= 0.3 is 0 Å². The molecule has 0 saturated heterocycles. The second kappa shape index (κ2) is 10.2. The summed E-state index contributed by atoms with van der Waals surface area (Å²) in [5.74, 6) is 0.232. The SMILES string of the molecule is Cc1ccc(Nc2nc(-c3ccc(C(=O)N/N=C\c4ccc(C(C)C)cc4)cc3)cs2)cc1. The summed E-state index contributed by atoms with van der Waals surface area (Å²) in [5, 5.41) is 10.2. The van der Waals surface area contributed by atoms with Gasteiger partial charge in [0, 0.05) is 22.2 Å². The first kappa shape index (κ1) is 22.4. The number of carbonyl (C=O) groups excluding carboxylic acids is 1.